The Bertz CT molecular complexity index is 662. The molecular weight excluding hydrogens is 262 g/mol. The molecule has 110 valence electrons. The molecule has 5 heteroatoms. The zero-order valence-corrected chi connectivity index (χ0v) is 12.3. The predicted octanol–water partition coefficient (Wildman–Crippen LogP) is 2.02. The summed E-state index contributed by atoms with van der Waals surface area (Å²) in [6.07, 6.45) is 3.18. The maximum atomic E-state index is 6.25. The van der Waals surface area contributed by atoms with E-state index in [1.165, 1.54) is 17.5 Å². The first-order chi connectivity index (χ1) is 10.2. The second-order valence-electron chi connectivity index (χ2n) is 6.14. The summed E-state index contributed by atoms with van der Waals surface area (Å²) in [5.41, 5.74) is 8.85. The van der Waals surface area contributed by atoms with E-state index in [0.717, 1.165) is 31.0 Å². The van der Waals surface area contributed by atoms with Crippen LogP contribution >= 0.6 is 0 Å². The number of rotatable bonds is 3. The molecular formula is C16H21N5. The lowest BCUT2D eigenvalue weighted by molar-refractivity contribution is 0.423. The van der Waals surface area contributed by atoms with Crippen molar-refractivity contribution >= 4 is 0 Å². The van der Waals surface area contributed by atoms with Gasteiger partial charge in [-0.3, -0.25) is 0 Å². The Morgan fingerprint density at radius 2 is 2.10 bits per heavy atom. The number of nitrogens with one attached hydrogen (secondary N) is 1. The highest BCUT2D eigenvalue weighted by atomic mass is 15.3. The highest BCUT2D eigenvalue weighted by Crippen LogP contribution is 2.38. The lowest BCUT2D eigenvalue weighted by Gasteiger charge is -2.20. The highest BCUT2D eigenvalue weighted by molar-refractivity contribution is 5.37. The first-order valence-corrected chi connectivity index (χ1v) is 7.76. The van der Waals surface area contributed by atoms with Crippen LogP contribution in [0.1, 0.15) is 60.7 Å². The topological polar surface area (TPSA) is 68.8 Å². The van der Waals surface area contributed by atoms with Crippen LogP contribution in [0.25, 0.3) is 0 Å². The molecule has 0 amide bonds. The standard InChI is InChI=1S/C16H21N5/c1-10(16-20-19-15-7-4-8-21(15)16)18-14-9-13(17)11-5-2-3-6-12(11)14/h2-3,5-6,10,13-14,18H,4,7-9,17H2,1H3. The second-order valence-corrected chi connectivity index (χ2v) is 6.14. The van der Waals surface area contributed by atoms with Crippen LogP contribution in [0.2, 0.25) is 0 Å². The molecule has 1 aliphatic carbocycles. The van der Waals surface area contributed by atoms with E-state index in [2.05, 4.69) is 51.3 Å². The van der Waals surface area contributed by atoms with Gasteiger partial charge in [-0.05, 0) is 30.9 Å². The molecule has 3 N–H and O–H groups in total. The van der Waals surface area contributed by atoms with Gasteiger partial charge in [-0.2, -0.15) is 0 Å². The summed E-state index contributed by atoms with van der Waals surface area (Å²) in [7, 11) is 0. The van der Waals surface area contributed by atoms with Gasteiger partial charge in [0.05, 0.1) is 6.04 Å². The van der Waals surface area contributed by atoms with Gasteiger partial charge in [0.1, 0.15) is 11.6 Å². The van der Waals surface area contributed by atoms with Crippen LogP contribution < -0.4 is 11.1 Å². The first-order valence-electron chi connectivity index (χ1n) is 7.76. The van der Waals surface area contributed by atoms with Crippen molar-refractivity contribution in [2.75, 3.05) is 0 Å². The molecule has 21 heavy (non-hydrogen) atoms. The largest absolute Gasteiger partial charge is 0.324 e. The average Bonchev–Trinajstić information content (AvgIpc) is 3.15. The zero-order chi connectivity index (χ0) is 14.4. The lowest BCUT2D eigenvalue weighted by Crippen LogP contribution is -2.26. The number of benzene rings is 1. The number of hydrogen-bond acceptors (Lipinski definition) is 4. The second kappa shape index (κ2) is 4.93. The third-order valence-electron chi connectivity index (χ3n) is 4.74. The molecule has 0 spiro atoms. The van der Waals surface area contributed by atoms with E-state index < -0.39 is 0 Å². The van der Waals surface area contributed by atoms with Crippen LogP contribution in [0, 0.1) is 0 Å². The minimum atomic E-state index is 0.134. The smallest absolute Gasteiger partial charge is 0.149 e. The van der Waals surface area contributed by atoms with E-state index in [-0.39, 0.29) is 12.1 Å². The van der Waals surface area contributed by atoms with Crippen molar-refractivity contribution in [2.45, 2.75) is 50.9 Å². The summed E-state index contributed by atoms with van der Waals surface area (Å²) in [6, 6.07) is 9.10. The Morgan fingerprint density at radius 1 is 1.29 bits per heavy atom. The van der Waals surface area contributed by atoms with Crippen molar-refractivity contribution in [3.8, 4) is 0 Å². The summed E-state index contributed by atoms with van der Waals surface area (Å²) in [5.74, 6) is 2.18. The van der Waals surface area contributed by atoms with Crippen molar-refractivity contribution in [3.05, 3.63) is 47.0 Å². The zero-order valence-electron chi connectivity index (χ0n) is 12.3. The fourth-order valence-corrected chi connectivity index (χ4v) is 3.70. The molecule has 0 saturated carbocycles. The average molecular weight is 283 g/mol. The Labute approximate surface area is 124 Å². The van der Waals surface area contributed by atoms with Gasteiger partial charge in [-0.15, -0.1) is 10.2 Å². The van der Waals surface area contributed by atoms with Gasteiger partial charge < -0.3 is 15.6 Å². The molecule has 3 unspecified atom stereocenters. The molecule has 1 aromatic heterocycles. The fourth-order valence-electron chi connectivity index (χ4n) is 3.70. The van der Waals surface area contributed by atoms with E-state index >= 15 is 0 Å². The van der Waals surface area contributed by atoms with E-state index in [0.29, 0.717) is 6.04 Å². The Kier molecular flexibility index (Phi) is 3.05. The predicted molar refractivity (Wildman–Crippen MR) is 80.6 cm³/mol. The minimum absolute atomic E-state index is 0.134. The highest BCUT2D eigenvalue weighted by Gasteiger charge is 2.30. The molecule has 1 aromatic carbocycles. The quantitative estimate of drug-likeness (QED) is 0.904. The van der Waals surface area contributed by atoms with Crippen LogP contribution in [0.15, 0.2) is 24.3 Å². The third-order valence-corrected chi connectivity index (χ3v) is 4.74. The van der Waals surface area contributed by atoms with E-state index in [1.807, 2.05) is 0 Å². The fraction of sp³-hybridized carbons (Fsp3) is 0.500. The minimum Gasteiger partial charge on any atom is -0.324 e. The van der Waals surface area contributed by atoms with Crippen LogP contribution in [-0.2, 0) is 13.0 Å². The monoisotopic (exact) mass is 283 g/mol. The molecule has 0 bridgehead atoms. The summed E-state index contributed by atoms with van der Waals surface area (Å²) in [5, 5.41) is 12.4. The Hall–Kier alpha value is -1.72. The molecule has 0 saturated heterocycles. The molecule has 0 fully saturated rings. The van der Waals surface area contributed by atoms with Gasteiger partial charge in [0.2, 0.25) is 0 Å². The lowest BCUT2D eigenvalue weighted by atomic mass is 10.1. The maximum Gasteiger partial charge on any atom is 0.149 e. The number of aromatic nitrogens is 3. The van der Waals surface area contributed by atoms with Crippen LogP contribution in [0.5, 0.6) is 0 Å². The van der Waals surface area contributed by atoms with Gasteiger partial charge in [-0.25, -0.2) is 0 Å². The molecule has 5 nitrogen and oxygen atoms in total. The maximum absolute atomic E-state index is 6.25. The van der Waals surface area contributed by atoms with Gasteiger partial charge in [0, 0.05) is 25.0 Å². The van der Waals surface area contributed by atoms with Gasteiger partial charge in [0.25, 0.3) is 0 Å². The summed E-state index contributed by atoms with van der Waals surface area (Å²) >= 11 is 0. The first kappa shape index (κ1) is 13.0. The molecule has 2 aromatic rings. The van der Waals surface area contributed by atoms with Crippen molar-refractivity contribution in [3.63, 3.8) is 0 Å². The summed E-state index contributed by atoms with van der Waals surface area (Å²) < 4.78 is 2.26. The van der Waals surface area contributed by atoms with E-state index in [9.17, 15) is 0 Å². The van der Waals surface area contributed by atoms with Crippen LogP contribution in [-0.4, -0.2) is 14.8 Å². The van der Waals surface area contributed by atoms with E-state index in [1.54, 1.807) is 0 Å². The molecule has 2 heterocycles. The number of aryl methyl sites for hydroxylation is 1. The van der Waals surface area contributed by atoms with Crippen molar-refractivity contribution in [1.82, 2.24) is 20.1 Å². The van der Waals surface area contributed by atoms with Gasteiger partial charge >= 0.3 is 0 Å². The summed E-state index contributed by atoms with van der Waals surface area (Å²) in [6.45, 7) is 3.21. The van der Waals surface area contributed by atoms with Crippen molar-refractivity contribution in [2.24, 2.45) is 5.73 Å². The van der Waals surface area contributed by atoms with Crippen molar-refractivity contribution in [1.29, 1.82) is 0 Å². The normalized spacial score (nSPS) is 24.9. The molecule has 0 radical (unpaired) electrons. The van der Waals surface area contributed by atoms with Gasteiger partial charge in [0.15, 0.2) is 0 Å². The SMILES string of the molecule is CC(NC1CC(N)c2ccccc21)c1nnc2n1CCC2. The number of fused-ring (bicyclic) bond motifs is 2. The Morgan fingerprint density at radius 3 is 2.95 bits per heavy atom. The molecule has 4 rings (SSSR count). The molecule has 3 atom stereocenters. The third kappa shape index (κ3) is 2.08. The number of nitrogens with two attached hydrogens (primary N) is 1. The molecule has 1 aliphatic heterocycles. The van der Waals surface area contributed by atoms with E-state index in [4.69, 9.17) is 5.73 Å². The van der Waals surface area contributed by atoms with Crippen LogP contribution in [0.3, 0.4) is 0 Å². The Balaban J connectivity index is 1.57. The molecule has 2 aliphatic rings. The van der Waals surface area contributed by atoms with Gasteiger partial charge in [-0.1, -0.05) is 24.3 Å². The van der Waals surface area contributed by atoms with Crippen molar-refractivity contribution < 1.29 is 0 Å². The number of hydrogen-bond donors (Lipinski definition) is 2. The number of nitrogens with zero attached hydrogens (tertiary/aromatic N) is 3. The van der Waals surface area contributed by atoms with Crippen LogP contribution in [0.4, 0.5) is 0 Å². The summed E-state index contributed by atoms with van der Waals surface area (Å²) in [4.78, 5) is 0.